The third kappa shape index (κ3) is 2.19. The summed E-state index contributed by atoms with van der Waals surface area (Å²) in [5.41, 5.74) is 1.88. The lowest BCUT2D eigenvalue weighted by molar-refractivity contribution is 0.155. The minimum atomic E-state index is 0.360. The van der Waals surface area contributed by atoms with Gasteiger partial charge in [0.25, 0.3) is 0 Å². The van der Waals surface area contributed by atoms with Crippen LogP contribution in [0, 0.1) is 20.3 Å². The zero-order valence-electron chi connectivity index (χ0n) is 11.8. The van der Waals surface area contributed by atoms with E-state index in [-0.39, 0.29) is 0 Å². The molecule has 2 aliphatic rings. The highest BCUT2D eigenvalue weighted by atomic mass is 127. The number of benzene rings is 1. The fraction of sp³-hybridized carbons (Fsp3) is 0.625. The van der Waals surface area contributed by atoms with Crippen LogP contribution in [0.4, 0.5) is 5.69 Å². The van der Waals surface area contributed by atoms with Gasteiger partial charge in [-0.3, -0.25) is 0 Å². The van der Waals surface area contributed by atoms with Crippen LogP contribution in [-0.2, 0) is 0 Å². The first-order chi connectivity index (χ1) is 8.83. The Hall–Kier alpha value is 0.0400. The summed E-state index contributed by atoms with van der Waals surface area (Å²) in [6.45, 7) is 7.28. The van der Waals surface area contributed by atoms with Crippen molar-refractivity contribution in [3.63, 3.8) is 0 Å². The van der Waals surface area contributed by atoms with Gasteiger partial charge < -0.3 is 5.32 Å². The maximum Gasteiger partial charge on any atom is 0.0648 e. The molecule has 1 aromatic rings. The number of anilines is 1. The Balaban J connectivity index is 1.90. The van der Waals surface area contributed by atoms with Gasteiger partial charge in [0.1, 0.15) is 0 Å². The zero-order valence-corrected chi connectivity index (χ0v) is 14.7. The van der Waals surface area contributed by atoms with Crippen LogP contribution in [0.5, 0.6) is 0 Å². The van der Waals surface area contributed by atoms with Gasteiger partial charge in [0.15, 0.2) is 0 Å². The molecule has 2 fully saturated rings. The number of hydrogen-bond donors (Lipinski definition) is 1. The van der Waals surface area contributed by atoms with Crippen molar-refractivity contribution in [1.82, 2.24) is 0 Å². The quantitative estimate of drug-likeness (QED) is 0.652. The summed E-state index contributed by atoms with van der Waals surface area (Å²) in [4.78, 5) is 0. The van der Waals surface area contributed by atoms with E-state index >= 15 is 0 Å². The van der Waals surface area contributed by atoms with E-state index in [1.165, 1.54) is 22.8 Å². The molecule has 3 heteroatoms. The van der Waals surface area contributed by atoms with Gasteiger partial charge in [-0.05, 0) is 76.8 Å². The number of nitrogens with one attached hydrogen (secondary N) is 1. The van der Waals surface area contributed by atoms with Gasteiger partial charge in [-0.25, -0.2) is 0 Å². The minimum absolute atomic E-state index is 0.360. The molecule has 2 aliphatic carbocycles. The molecule has 0 heterocycles. The molecule has 3 rings (SSSR count). The van der Waals surface area contributed by atoms with Gasteiger partial charge in [-0.15, -0.1) is 0 Å². The van der Waals surface area contributed by atoms with E-state index in [9.17, 15) is 0 Å². The number of fused-ring (bicyclic) bond motifs is 2. The predicted octanol–water partition coefficient (Wildman–Crippen LogP) is 5.57. The van der Waals surface area contributed by atoms with Gasteiger partial charge >= 0.3 is 0 Å². The molecule has 0 aliphatic heterocycles. The van der Waals surface area contributed by atoms with Crippen molar-refractivity contribution in [2.45, 2.75) is 46.1 Å². The summed E-state index contributed by atoms with van der Waals surface area (Å²) < 4.78 is 1.19. The molecule has 104 valence electrons. The van der Waals surface area contributed by atoms with E-state index in [2.05, 4.69) is 60.8 Å². The van der Waals surface area contributed by atoms with E-state index in [0.717, 1.165) is 16.6 Å². The SMILES string of the molecule is CC12CCC(C1)C(C)(C)C2Nc1ccc(I)cc1Cl. The molecular formula is C16H21ClIN. The molecule has 0 aromatic heterocycles. The van der Waals surface area contributed by atoms with E-state index in [0.29, 0.717) is 16.9 Å². The maximum atomic E-state index is 6.38. The Morgan fingerprint density at radius 1 is 1.32 bits per heavy atom. The Kier molecular flexibility index (Phi) is 3.33. The zero-order chi connectivity index (χ0) is 13.8. The van der Waals surface area contributed by atoms with Crippen molar-refractivity contribution in [3.8, 4) is 0 Å². The molecule has 0 saturated heterocycles. The number of hydrogen-bond acceptors (Lipinski definition) is 1. The second-order valence-electron chi connectivity index (χ2n) is 7.12. The van der Waals surface area contributed by atoms with Crippen LogP contribution < -0.4 is 5.32 Å². The molecule has 3 unspecified atom stereocenters. The summed E-state index contributed by atoms with van der Waals surface area (Å²) >= 11 is 8.68. The Morgan fingerprint density at radius 3 is 2.63 bits per heavy atom. The Morgan fingerprint density at radius 2 is 2.05 bits per heavy atom. The van der Waals surface area contributed by atoms with Crippen molar-refractivity contribution in [1.29, 1.82) is 0 Å². The monoisotopic (exact) mass is 389 g/mol. The van der Waals surface area contributed by atoms with Crippen LogP contribution in [0.15, 0.2) is 18.2 Å². The summed E-state index contributed by atoms with van der Waals surface area (Å²) in [7, 11) is 0. The number of rotatable bonds is 2. The number of halogens is 2. The lowest BCUT2D eigenvalue weighted by atomic mass is 9.68. The molecule has 1 aromatic carbocycles. The highest BCUT2D eigenvalue weighted by Gasteiger charge is 2.59. The molecule has 0 spiro atoms. The first-order valence-electron chi connectivity index (χ1n) is 7.04. The first kappa shape index (κ1) is 14.0. The van der Waals surface area contributed by atoms with E-state index in [1.54, 1.807) is 0 Å². The Labute approximate surface area is 134 Å². The van der Waals surface area contributed by atoms with Crippen LogP contribution in [-0.4, -0.2) is 6.04 Å². The average molecular weight is 390 g/mol. The van der Waals surface area contributed by atoms with Crippen molar-refractivity contribution in [2.75, 3.05) is 5.32 Å². The van der Waals surface area contributed by atoms with Crippen molar-refractivity contribution in [2.24, 2.45) is 16.7 Å². The van der Waals surface area contributed by atoms with E-state index in [4.69, 9.17) is 11.6 Å². The van der Waals surface area contributed by atoms with Crippen molar-refractivity contribution in [3.05, 3.63) is 26.8 Å². The average Bonchev–Trinajstić information content (AvgIpc) is 2.78. The molecule has 1 N–H and O–H groups in total. The van der Waals surface area contributed by atoms with Gasteiger partial charge in [-0.2, -0.15) is 0 Å². The third-order valence-corrected chi connectivity index (χ3v) is 6.48. The Bertz CT molecular complexity index is 509. The fourth-order valence-corrected chi connectivity index (χ4v) is 5.33. The molecule has 0 radical (unpaired) electrons. The molecule has 0 amide bonds. The normalized spacial score (nSPS) is 35.6. The lowest BCUT2D eigenvalue weighted by Gasteiger charge is -2.43. The summed E-state index contributed by atoms with van der Waals surface area (Å²) in [6.07, 6.45) is 4.10. The fourth-order valence-electron chi connectivity index (χ4n) is 4.42. The standard InChI is InChI=1S/C16H21ClIN/c1-15(2)10-6-7-16(3,9-10)14(15)19-13-5-4-11(18)8-12(13)17/h4-5,8,10,14,19H,6-7,9H2,1-3H3. The molecule has 3 atom stereocenters. The van der Waals surface area contributed by atoms with Crippen LogP contribution in [0.1, 0.15) is 40.0 Å². The van der Waals surface area contributed by atoms with Gasteiger partial charge in [-0.1, -0.05) is 32.4 Å². The summed E-state index contributed by atoms with van der Waals surface area (Å²) in [5, 5.41) is 4.61. The first-order valence-corrected chi connectivity index (χ1v) is 8.50. The topological polar surface area (TPSA) is 12.0 Å². The smallest absolute Gasteiger partial charge is 0.0648 e. The molecule has 19 heavy (non-hydrogen) atoms. The van der Waals surface area contributed by atoms with Gasteiger partial charge in [0.2, 0.25) is 0 Å². The second kappa shape index (κ2) is 4.52. The van der Waals surface area contributed by atoms with Crippen LogP contribution >= 0.6 is 34.2 Å². The highest BCUT2D eigenvalue weighted by Crippen LogP contribution is 2.63. The van der Waals surface area contributed by atoms with Gasteiger partial charge in [0.05, 0.1) is 10.7 Å². The van der Waals surface area contributed by atoms with Crippen LogP contribution in [0.3, 0.4) is 0 Å². The van der Waals surface area contributed by atoms with Crippen molar-refractivity contribution < 1.29 is 0 Å². The van der Waals surface area contributed by atoms with Crippen LogP contribution in [0.2, 0.25) is 5.02 Å². The minimum Gasteiger partial charge on any atom is -0.380 e. The summed E-state index contributed by atoms with van der Waals surface area (Å²) in [6, 6.07) is 6.80. The summed E-state index contributed by atoms with van der Waals surface area (Å²) in [5.74, 6) is 0.859. The molecule has 2 saturated carbocycles. The predicted molar refractivity (Wildman–Crippen MR) is 90.8 cm³/mol. The second-order valence-corrected chi connectivity index (χ2v) is 8.77. The van der Waals surface area contributed by atoms with Crippen molar-refractivity contribution >= 4 is 39.9 Å². The molecular weight excluding hydrogens is 369 g/mol. The van der Waals surface area contributed by atoms with Gasteiger partial charge in [0, 0.05) is 9.61 Å². The lowest BCUT2D eigenvalue weighted by Crippen LogP contribution is -2.45. The molecule has 1 nitrogen and oxygen atoms in total. The van der Waals surface area contributed by atoms with E-state index < -0.39 is 0 Å². The van der Waals surface area contributed by atoms with E-state index in [1.807, 2.05) is 6.07 Å². The maximum absolute atomic E-state index is 6.38. The van der Waals surface area contributed by atoms with Crippen LogP contribution in [0.25, 0.3) is 0 Å². The highest BCUT2D eigenvalue weighted by molar-refractivity contribution is 14.1. The largest absolute Gasteiger partial charge is 0.380 e. The molecule has 2 bridgehead atoms. The third-order valence-electron chi connectivity index (χ3n) is 5.50.